The van der Waals surface area contributed by atoms with Crippen LogP contribution in [0.4, 0.5) is 11.6 Å². The van der Waals surface area contributed by atoms with Crippen LogP contribution < -0.4 is 10.2 Å². The number of aromatic nitrogens is 2. The molecule has 0 unspecified atom stereocenters. The van der Waals surface area contributed by atoms with E-state index in [4.69, 9.17) is 0 Å². The number of anilines is 2. The van der Waals surface area contributed by atoms with Crippen molar-refractivity contribution < 1.29 is 4.79 Å². The highest BCUT2D eigenvalue weighted by Gasteiger charge is 2.32. The maximum Gasteiger partial charge on any atom is 0.242 e. The molecule has 4 rings (SSSR count). The lowest BCUT2D eigenvalue weighted by Gasteiger charge is -2.33. The quantitative estimate of drug-likeness (QED) is 0.864. The Hall–Kier alpha value is -2.63. The number of rotatable bonds is 5. The van der Waals surface area contributed by atoms with E-state index in [-0.39, 0.29) is 5.91 Å². The van der Waals surface area contributed by atoms with Crippen LogP contribution >= 0.6 is 0 Å². The number of carbonyl (C=O) groups excluding carboxylic acids is 1. The molecule has 6 heteroatoms. The van der Waals surface area contributed by atoms with Gasteiger partial charge in [-0.1, -0.05) is 49.6 Å². The Morgan fingerprint density at radius 3 is 2.64 bits per heavy atom. The molecule has 1 aliphatic heterocycles. The fourth-order valence-corrected chi connectivity index (χ4v) is 4.35. The van der Waals surface area contributed by atoms with Gasteiger partial charge in [-0.25, -0.2) is 9.97 Å². The Morgan fingerprint density at radius 2 is 1.86 bits per heavy atom. The van der Waals surface area contributed by atoms with Crippen molar-refractivity contribution >= 4 is 17.5 Å². The van der Waals surface area contributed by atoms with Gasteiger partial charge in [0.25, 0.3) is 0 Å². The van der Waals surface area contributed by atoms with Crippen LogP contribution in [0.3, 0.4) is 0 Å². The highest BCUT2D eigenvalue weighted by molar-refractivity contribution is 5.83. The zero-order valence-electron chi connectivity index (χ0n) is 16.6. The molecule has 28 heavy (non-hydrogen) atoms. The second kappa shape index (κ2) is 8.59. The third-order valence-electron chi connectivity index (χ3n) is 5.87. The summed E-state index contributed by atoms with van der Waals surface area (Å²) in [5.41, 5.74) is 2.33. The van der Waals surface area contributed by atoms with Gasteiger partial charge in [-0.15, -0.1) is 0 Å². The zero-order chi connectivity index (χ0) is 19.3. The van der Waals surface area contributed by atoms with Crippen molar-refractivity contribution in [2.75, 3.05) is 30.4 Å². The van der Waals surface area contributed by atoms with Crippen LogP contribution in [-0.4, -0.2) is 47.0 Å². The topological polar surface area (TPSA) is 61.4 Å². The summed E-state index contributed by atoms with van der Waals surface area (Å²) in [7, 11) is 1.95. The minimum absolute atomic E-state index is 0.197. The first-order chi connectivity index (χ1) is 13.7. The number of hydrogen-bond acceptors (Lipinski definition) is 5. The lowest BCUT2D eigenvalue weighted by atomic mass is 9.94. The van der Waals surface area contributed by atoms with Crippen molar-refractivity contribution in [1.29, 1.82) is 0 Å². The number of fused-ring (bicyclic) bond motifs is 1. The third-order valence-corrected chi connectivity index (χ3v) is 5.87. The van der Waals surface area contributed by atoms with Crippen molar-refractivity contribution in [3.8, 4) is 0 Å². The summed E-state index contributed by atoms with van der Waals surface area (Å²) in [6.45, 7) is 1.77. The molecule has 2 heterocycles. The van der Waals surface area contributed by atoms with E-state index in [1.807, 2.05) is 18.0 Å². The molecule has 1 amide bonds. The molecular weight excluding hydrogens is 350 g/mol. The van der Waals surface area contributed by atoms with Gasteiger partial charge < -0.3 is 15.1 Å². The van der Waals surface area contributed by atoms with E-state index in [1.54, 1.807) is 6.33 Å². The van der Waals surface area contributed by atoms with Crippen LogP contribution in [0.1, 0.15) is 43.2 Å². The van der Waals surface area contributed by atoms with Crippen LogP contribution in [0.25, 0.3) is 0 Å². The van der Waals surface area contributed by atoms with E-state index in [0.29, 0.717) is 19.1 Å². The van der Waals surface area contributed by atoms with Gasteiger partial charge >= 0.3 is 0 Å². The molecule has 1 fully saturated rings. The number of benzene rings is 1. The van der Waals surface area contributed by atoms with Gasteiger partial charge in [-0.05, 0) is 24.8 Å². The molecular formula is C22H29N5O. The average molecular weight is 380 g/mol. The molecule has 6 nitrogen and oxygen atoms in total. The van der Waals surface area contributed by atoms with Crippen LogP contribution in [0.5, 0.6) is 0 Å². The Kier molecular flexibility index (Phi) is 5.74. The summed E-state index contributed by atoms with van der Waals surface area (Å²) in [5.74, 6) is 1.91. The average Bonchev–Trinajstić information content (AvgIpc) is 2.86. The number of amides is 1. The van der Waals surface area contributed by atoms with E-state index >= 15 is 0 Å². The summed E-state index contributed by atoms with van der Waals surface area (Å²) >= 11 is 0. The SMILES string of the molecule is CN1CC(=O)N(C2CCCCC2)Cc2c(NCCc3ccccc3)ncnc21. The lowest BCUT2D eigenvalue weighted by molar-refractivity contribution is -0.133. The van der Waals surface area contributed by atoms with Crippen molar-refractivity contribution in [1.82, 2.24) is 14.9 Å². The van der Waals surface area contributed by atoms with Crippen LogP contribution in [-0.2, 0) is 17.8 Å². The second-order valence-electron chi connectivity index (χ2n) is 7.86. The van der Waals surface area contributed by atoms with Crippen LogP contribution in [0.2, 0.25) is 0 Å². The van der Waals surface area contributed by atoms with Crippen LogP contribution in [0, 0.1) is 0 Å². The van der Waals surface area contributed by atoms with Gasteiger partial charge in [0.15, 0.2) is 0 Å². The fraction of sp³-hybridized carbons (Fsp3) is 0.500. The summed E-state index contributed by atoms with van der Waals surface area (Å²) in [5, 5.41) is 3.49. The summed E-state index contributed by atoms with van der Waals surface area (Å²) in [6, 6.07) is 10.8. The number of nitrogens with zero attached hydrogens (tertiary/aromatic N) is 4. The normalized spacial score (nSPS) is 18.0. The number of hydrogen-bond donors (Lipinski definition) is 1. The molecule has 2 aliphatic rings. The highest BCUT2D eigenvalue weighted by atomic mass is 16.2. The molecule has 1 N–H and O–H groups in total. The first-order valence-corrected chi connectivity index (χ1v) is 10.3. The predicted molar refractivity (Wildman–Crippen MR) is 111 cm³/mol. The van der Waals surface area contributed by atoms with Crippen molar-refractivity contribution in [2.45, 2.75) is 51.1 Å². The van der Waals surface area contributed by atoms with Gasteiger partial charge in [-0.3, -0.25) is 4.79 Å². The molecule has 0 bridgehead atoms. The van der Waals surface area contributed by atoms with Gasteiger partial charge in [0.05, 0.1) is 18.7 Å². The van der Waals surface area contributed by atoms with Crippen molar-refractivity contribution in [3.63, 3.8) is 0 Å². The van der Waals surface area contributed by atoms with Crippen molar-refractivity contribution in [2.24, 2.45) is 0 Å². The lowest BCUT2D eigenvalue weighted by Crippen LogP contribution is -2.43. The number of likely N-dealkylation sites (N-methyl/N-ethyl adjacent to an activating group) is 1. The zero-order valence-corrected chi connectivity index (χ0v) is 16.6. The van der Waals surface area contributed by atoms with Gasteiger partial charge in [0.2, 0.25) is 5.91 Å². The largest absolute Gasteiger partial charge is 0.369 e. The Bertz CT molecular complexity index is 804. The number of nitrogens with one attached hydrogen (secondary N) is 1. The van der Waals surface area contributed by atoms with Gasteiger partial charge in [0, 0.05) is 19.6 Å². The van der Waals surface area contributed by atoms with E-state index in [2.05, 4.69) is 44.5 Å². The van der Waals surface area contributed by atoms with Gasteiger partial charge in [0.1, 0.15) is 18.0 Å². The Balaban J connectivity index is 1.53. The predicted octanol–water partition coefficient (Wildman–Crippen LogP) is 3.24. The van der Waals surface area contributed by atoms with Crippen LogP contribution in [0.15, 0.2) is 36.7 Å². The molecule has 0 spiro atoms. The van der Waals surface area contributed by atoms with E-state index in [0.717, 1.165) is 43.0 Å². The summed E-state index contributed by atoms with van der Waals surface area (Å²) in [4.78, 5) is 26.0. The molecule has 1 saturated carbocycles. The van der Waals surface area contributed by atoms with E-state index in [1.165, 1.54) is 24.8 Å². The molecule has 1 aliphatic carbocycles. The number of carbonyl (C=O) groups is 1. The first kappa shape index (κ1) is 18.7. The second-order valence-corrected chi connectivity index (χ2v) is 7.86. The molecule has 0 saturated heterocycles. The summed E-state index contributed by atoms with van der Waals surface area (Å²) in [6.07, 6.45) is 8.45. The molecule has 2 aromatic rings. The standard InChI is InChI=1S/C22H29N5O/c1-26-15-20(28)27(18-10-6-3-7-11-18)14-19-21(24-16-25-22(19)26)23-13-12-17-8-4-2-5-9-17/h2,4-5,8-9,16,18H,3,6-7,10-15H2,1H3,(H,23,24,25). The van der Waals surface area contributed by atoms with Crippen molar-refractivity contribution in [3.05, 3.63) is 47.8 Å². The Morgan fingerprint density at radius 1 is 1.07 bits per heavy atom. The van der Waals surface area contributed by atoms with Gasteiger partial charge in [-0.2, -0.15) is 0 Å². The maximum absolute atomic E-state index is 12.9. The smallest absolute Gasteiger partial charge is 0.242 e. The maximum atomic E-state index is 12.9. The minimum Gasteiger partial charge on any atom is -0.369 e. The Labute approximate surface area is 167 Å². The molecule has 1 aromatic heterocycles. The van der Waals surface area contributed by atoms with E-state index < -0.39 is 0 Å². The third kappa shape index (κ3) is 4.11. The van der Waals surface area contributed by atoms with E-state index in [9.17, 15) is 4.79 Å². The first-order valence-electron chi connectivity index (χ1n) is 10.3. The molecule has 1 aromatic carbocycles. The molecule has 0 atom stereocenters. The monoisotopic (exact) mass is 379 g/mol. The fourth-order valence-electron chi connectivity index (χ4n) is 4.35. The molecule has 148 valence electrons. The molecule has 0 radical (unpaired) electrons. The minimum atomic E-state index is 0.197. The highest BCUT2D eigenvalue weighted by Crippen LogP contribution is 2.31. The summed E-state index contributed by atoms with van der Waals surface area (Å²) < 4.78 is 0.